The van der Waals surface area contributed by atoms with Crippen LogP contribution in [0.2, 0.25) is 0 Å². The highest BCUT2D eigenvalue weighted by Crippen LogP contribution is 2.15. The zero-order chi connectivity index (χ0) is 7.56. The van der Waals surface area contributed by atoms with Gasteiger partial charge in [-0.2, -0.15) is 0 Å². The third kappa shape index (κ3) is 1.48. The third-order valence-corrected chi connectivity index (χ3v) is 1.97. The largest absolute Gasteiger partial charge is 0.393 e. The van der Waals surface area contributed by atoms with E-state index in [9.17, 15) is 9.90 Å². The van der Waals surface area contributed by atoms with Crippen molar-refractivity contribution in [3.05, 3.63) is 0 Å². The Bertz CT molecular complexity index is 136. The molecule has 1 aliphatic rings. The second-order valence-corrected chi connectivity index (χ2v) is 2.74. The van der Waals surface area contributed by atoms with Crippen LogP contribution in [0, 0.1) is 5.92 Å². The molecule has 3 nitrogen and oxygen atoms in total. The van der Waals surface area contributed by atoms with Crippen LogP contribution < -0.4 is 5.32 Å². The number of hydrogen-bond acceptors (Lipinski definition) is 2. The maximum absolute atomic E-state index is 10.7. The van der Waals surface area contributed by atoms with Gasteiger partial charge < -0.3 is 10.4 Å². The topological polar surface area (TPSA) is 49.3 Å². The first kappa shape index (κ1) is 7.54. The first-order valence-corrected chi connectivity index (χ1v) is 3.68. The van der Waals surface area contributed by atoms with Gasteiger partial charge >= 0.3 is 0 Å². The molecule has 0 saturated carbocycles. The summed E-state index contributed by atoms with van der Waals surface area (Å²) in [6.45, 7) is 2.57. The molecule has 0 bridgehead atoms. The number of rotatable bonds is 2. The fraction of sp³-hybridized carbons (Fsp3) is 0.857. The Balaban J connectivity index is 2.36. The average molecular weight is 143 g/mol. The van der Waals surface area contributed by atoms with Crippen LogP contribution in [0.1, 0.15) is 19.8 Å². The molecular formula is C7H13NO2. The lowest BCUT2D eigenvalue weighted by molar-refractivity contribution is -0.119. The van der Waals surface area contributed by atoms with Crippen LogP contribution in [0.3, 0.4) is 0 Å². The van der Waals surface area contributed by atoms with E-state index in [1.807, 2.05) is 6.92 Å². The van der Waals surface area contributed by atoms with Gasteiger partial charge in [0.05, 0.1) is 6.10 Å². The Hall–Kier alpha value is -0.570. The standard InChI is InChI=1S/C7H13NO2/c1-2-6(9)5-3-7(10)8-4-5/h5-6,9H,2-4H2,1H3,(H,8,10)/t5?,6-/m1/s1. The van der Waals surface area contributed by atoms with Gasteiger partial charge in [-0.15, -0.1) is 0 Å². The summed E-state index contributed by atoms with van der Waals surface area (Å²) < 4.78 is 0. The zero-order valence-electron chi connectivity index (χ0n) is 6.13. The Morgan fingerprint density at radius 3 is 3.00 bits per heavy atom. The number of carbonyl (C=O) groups excluding carboxylic acids is 1. The summed E-state index contributed by atoms with van der Waals surface area (Å²) in [7, 11) is 0. The molecule has 0 radical (unpaired) electrons. The van der Waals surface area contributed by atoms with E-state index in [1.54, 1.807) is 0 Å². The number of carbonyl (C=O) groups is 1. The normalized spacial score (nSPS) is 28.2. The fourth-order valence-corrected chi connectivity index (χ4v) is 1.23. The highest BCUT2D eigenvalue weighted by Gasteiger charge is 2.26. The molecule has 3 heteroatoms. The van der Waals surface area contributed by atoms with E-state index in [4.69, 9.17) is 0 Å². The van der Waals surface area contributed by atoms with Crippen molar-refractivity contribution in [3.63, 3.8) is 0 Å². The molecule has 0 aromatic heterocycles. The average Bonchev–Trinajstić information content (AvgIpc) is 2.34. The summed E-state index contributed by atoms with van der Waals surface area (Å²) in [4.78, 5) is 10.7. The lowest BCUT2D eigenvalue weighted by Gasteiger charge is -2.12. The molecule has 58 valence electrons. The van der Waals surface area contributed by atoms with Gasteiger partial charge in [-0.3, -0.25) is 4.79 Å². The molecule has 1 fully saturated rings. The van der Waals surface area contributed by atoms with Gasteiger partial charge in [0.25, 0.3) is 0 Å². The van der Waals surface area contributed by atoms with Gasteiger partial charge in [0.15, 0.2) is 0 Å². The summed E-state index contributed by atoms with van der Waals surface area (Å²) >= 11 is 0. The predicted octanol–water partition coefficient (Wildman–Crippen LogP) is -0.107. The second kappa shape index (κ2) is 3.01. The second-order valence-electron chi connectivity index (χ2n) is 2.74. The van der Waals surface area contributed by atoms with Crippen LogP contribution in [0.5, 0.6) is 0 Å². The summed E-state index contributed by atoms with van der Waals surface area (Å²) in [6, 6.07) is 0. The van der Waals surface area contributed by atoms with Crippen molar-refractivity contribution >= 4 is 5.91 Å². The van der Waals surface area contributed by atoms with Crippen molar-refractivity contribution in [1.82, 2.24) is 5.32 Å². The highest BCUT2D eigenvalue weighted by atomic mass is 16.3. The van der Waals surface area contributed by atoms with Crippen LogP contribution in [0.25, 0.3) is 0 Å². The van der Waals surface area contributed by atoms with Crippen LogP contribution in [0.4, 0.5) is 0 Å². The monoisotopic (exact) mass is 143 g/mol. The van der Waals surface area contributed by atoms with Crippen molar-refractivity contribution < 1.29 is 9.90 Å². The fourth-order valence-electron chi connectivity index (χ4n) is 1.23. The minimum Gasteiger partial charge on any atom is -0.393 e. The summed E-state index contributed by atoms with van der Waals surface area (Å²) in [6.07, 6.45) is 0.924. The molecule has 1 unspecified atom stereocenters. The summed E-state index contributed by atoms with van der Waals surface area (Å²) in [5, 5.41) is 12.0. The molecule has 1 rings (SSSR count). The third-order valence-electron chi connectivity index (χ3n) is 1.97. The number of hydrogen-bond donors (Lipinski definition) is 2. The smallest absolute Gasteiger partial charge is 0.220 e. The van der Waals surface area contributed by atoms with E-state index in [1.165, 1.54) is 0 Å². The Morgan fingerprint density at radius 1 is 1.90 bits per heavy atom. The maximum Gasteiger partial charge on any atom is 0.220 e. The SMILES string of the molecule is CC[C@@H](O)C1CNC(=O)C1. The maximum atomic E-state index is 10.7. The van der Waals surface area contributed by atoms with Gasteiger partial charge in [0, 0.05) is 18.9 Å². The van der Waals surface area contributed by atoms with Crippen molar-refractivity contribution in [1.29, 1.82) is 0 Å². The molecule has 0 aliphatic carbocycles. The first-order valence-electron chi connectivity index (χ1n) is 3.68. The molecular weight excluding hydrogens is 130 g/mol. The minimum absolute atomic E-state index is 0.0671. The molecule has 2 N–H and O–H groups in total. The van der Waals surface area contributed by atoms with Crippen LogP contribution in [0.15, 0.2) is 0 Å². The van der Waals surface area contributed by atoms with Gasteiger partial charge in [-0.05, 0) is 6.42 Å². The van der Waals surface area contributed by atoms with E-state index in [-0.39, 0.29) is 17.9 Å². The van der Waals surface area contributed by atoms with E-state index in [0.29, 0.717) is 13.0 Å². The molecule has 0 aromatic carbocycles. The van der Waals surface area contributed by atoms with Gasteiger partial charge in [0.2, 0.25) is 5.91 Å². The molecule has 0 spiro atoms. The van der Waals surface area contributed by atoms with E-state index in [0.717, 1.165) is 6.42 Å². The van der Waals surface area contributed by atoms with Crippen molar-refractivity contribution in [2.45, 2.75) is 25.9 Å². The zero-order valence-corrected chi connectivity index (χ0v) is 6.13. The van der Waals surface area contributed by atoms with Crippen LogP contribution in [-0.4, -0.2) is 23.7 Å². The van der Waals surface area contributed by atoms with Crippen molar-refractivity contribution in [3.8, 4) is 0 Å². The summed E-state index contributed by atoms with van der Waals surface area (Å²) in [5.74, 6) is 0.218. The molecule has 0 aromatic rings. The van der Waals surface area contributed by atoms with Crippen LogP contribution in [-0.2, 0) is 4.79 Å². The van der Waals surface area contributed by atoms with E-state index in [2.05, 4.69) is 5.32 Å². The number of amides is 1. The van der Waals surface area contributed by atoms with E-state index >= 15 is 0 Å². The first-order chi connectivity index (χ1) is 4.74. The molecule has 1 saturated heterocycles. The minimum atomic E-state index is -0.307. The molecule has 1 heterocycles. The van der Waals surface area contributed by atoms with Gasteiger partial charge in [-0.25, -0.2) is 0 Å². The molecule has 1 amide bonds. The number of aliphatic hydroxyl groups excluding tert-OH is 1. The molecule has 1 aliphatic heterocycles. The Kier molecular flexibility index (Phi) is 2.27. The quantitative estimate of drug-likeness (QED) is 0.566. The number of aliphatic hydroxyl groups is 1. The van der Waals surface area contributed by atoms with Crippen molar-refractivity contribution in [2.75, 3.05) is 6.54 Å². The Morgan fingerprint density at radius 2 is 2.60 bits per heavy atom. The van der Waals surface area contributed by atoms with Crippen molar-refractivity contribution in [2.24, 2.45) is 5.92 Å². The van der Waals surface area contributed by atoms with Gasteiger partial charge in [0.1, 0.15) is 0 Å². The lowest BCUT2D eigenvalue weighted by Crippen LogP contribution is -2.21. The highest BCUT2D eigenvalue weighted by molar-refractivity contribution is 5.78. The summed E-state index contributed by atoms with van der Waals surface area (Å²) in [5.41, 5.74) is 0. The number of nitrogens with one attached hydrogen (secondary N) is 1. The van der Waals surface area contributed by atoms with E-state index < -0.39 is 0 Å². The van der Waals surface area contributed by atoms with Crippen LogP contribution >= 0.6 is 0 Å². The predicted molar refractivity (Wildman–Crippen MR) is 37.4 cm³/mol. The molecule has 2 atom stereocenters. The lowest BCUT2D eigenvalue weighted by atomic mass is 10.00. The molecule has 10 heavy (non-hydrogen) atoms. The van der Waals surface area contributed by atoms with Gasteiger partial charge in [-0.1, -0.05) is 6.92 Å². The Labute approximate surface area is 60.4 Å².